The van der Waals surface area contributed by atoms with Crippen molar-refractivity contribution in [2.45, 2.75) is 13.0 Å². The van der Waals surface area contributed by atoms with E-state index in [9.17, 15) is 4.79 Å². The maximum absolute atomic E-state index is 12.0. The molecule has 1 amide bonds. The van der Waals surface area contributed by atoms with Gasteiger partial charge in [0, 0.05) is 4.47 Å². The third-order valence-electron chi connectivity index (χ3n) is 2.69. The van der Waals surface area contributed by atoms with Crippen LogP contribution in [0, 0.1) is 6.92 Å². The molecule has 1 saturated heterocycles. The third-order valence-corrected chi connectivity index (χ3v) is 3.15. The quantitative estimate of drug-likeness (QED) is 0.815. The fourth-order valence-electron chi connectivity index (χ4n) is 1.78. The smallest absolute Gasteiger partial charge is 0.255 e. The van der Waals surface area contributed by atoms with Crippen LogP contribution in [0.3, 0.4) is 0 Å². The molecule has 2 rings (SSSR count). The summed E-state index contributed by atoms with van der Waals surface area (Å²) >= 11 is 3.35. The topological polar surface area (TPSA) is 73.6 Å². The number of carbonyl (C=O) groups is 1. The molecule has 0 bridgehead atoms. The van der Waals surface area contributed by atoms with E-state index < -0.39 is 6.10 Å². The Morgan fingerprint density at radius 1 is 1.50 bits per heavy atom. The van der Waals surface area contributed by atoms with Gasteiger partial charge >= 0.3 is 0 Å². The van der Waals surface area contributed by atoms with Gasteiger partial charge < -0.3 is 20.5 Å². The first-order chi connectivity index (χ1) is 8.58. The molecule has 1 aromatic rings. The molecule has 1 heterocycles. The standard InChI is InChI=1S/C12H15BrN2O3/c1-7-4-8(13)5-9(14)11(7)15-12(16)10-6-17-2-3-18-10/h4-5,10H,2-3,6,14H2,1H3,(H,15,16). The van der Waals surface area contributed by atoms with Crippen molar-refractivity contribution in [3.8, 4) is 0 Å². The summed E-state index contributed by atoms with van der Waals surface area (Å²) in [5, 5.41) is 2.79. The molecular weight excluding hydrogens is 300 g/mol. The van der Waals surface area contributed by atoms with E-state index in [1.165, 1.54) is 0 Å². The Morgan fingerprint density at radius 3 is 2.89 bits per heavy atom. The zero-order chi connectivity index (χ0) is 13.1. The predicted molar refractivity (Wildman–Crippen MR) is 72.5 cm³/mol. The van der Waals surface area contributed by atoms with Gasteiger partial charge in [0.25, 0.3) is 5.91 Å². The summed E-state index contributed by atoms with van der Waals surface area (Å²) < 4.78 is 11.4. The predicted octanol–water partition coefficient (Wildman–Crippen LogP) is 1.69. The van der Waals surface area contributed by atoms with E-state index in [4.69, 9.17) is 15.2 Å². The van der Waals surface area contributed by atoms with Gasteiger partial charge in [0.2, 0.25) is 0 Å². The van der Waals surface area contributed by atoms with Gasteiger partial charge in [-0.15, -0.1) is 0 Å². The molecule has 0 saturated carbocycles. The second-order valence-electron chi connectivity index (χ2n) is 4.11. The number of hydrogen-bond acceptors (Lipinski definition) is 4. The fourth-order valence-corrected chi connectivity index (χ4v) is 2.37. The number of halogens is 1. The zero-order valence-corrected chi connectivity index (χ0v) is 11.6. The van der Waals surface area contributed by atoms with Crippen LogP contribution in [0.25, 0.3) is 0 Å². The minimum absolute atomic E-state index is 0.230. The Hall–Kier alpha value is -1.11. The number of nitrogens with two attached hydrogens (primary N) is 1. The van der Waals surface area contributed by atoms with Crippen LogP contribution < -0.4 is 11.1 Å². The molecule has 0 radical (unpaired) electrons. The molecule has 1 fully saturated rings. The molecule has 6 heteroatoms. The molecule has 5 nitrogen and oxygen atoms in total. The lowest BCUT2D eigenvalue weighted by molar-refractivity contribution is -0.142. The van der Waals surface area contributed by atoms with E-state index in [2.05, 4.69) is 21.2 Å². The molecule has 0 aromatic heterocycles. The number of nitrogen functional groups attached to an aromatic ring is 1. The summed E-state index contributed by atoms with van der Waals surface area (Å²) in [5.74, 6) is -0.230. The summed E-state index contributed by atoms with van der Waals surface area (Å²) in [6.07, 6.45) is -0.568. The third kappa shape index (κ3) is 3.01. The first-order valence-electron chi connectivity index (χ1n) is 5.64. The van der Waals surface area contributed by atoms with Gasteiger partial charge in [-0.2, -0.15) is 0 Å². The van der Waals surface area contributed by atoms with Crippen molar-refractivity contribution in [1.82, 2.24) is 0 Å². The first-order valence-corrected chi connectivity index (χ1v) is 6.43. The summed E-state index contributed by atoms with van der Waals surface area (Å²) in [6.45, 7) is 3.13. The van der Waals surface area contributed by atoms with Crippen LogP contribution in [-0.2, 0) is 14.3 Å². The van der Waals surface area contributed by atoms with Crippen LogP contribution in [0.1, 0.15) is 5.56 Å². The fraction of sp³-hybridized carbons (Fsp3) is 0.417. The van der Waals surface area contributed by atoms with Crippen LogP contribution >= 0.6 is 15.9 Å². The van der Waals surface area contributed by atoms with E-state index in [1.807, 2.05) is 13.0 Å². The van der Waals surface area contributed by atoms with Gasteiger partial charge in [-0.1, -0.05) is 15.9 Å². The normalized spacial score (nSPS) is 19.6. The molecule has 1 aliphatic heterocycles. The van der Waals surface area contributed by atoms with Crippen LogP contribution in [-0.4, -0.2) is 31.8 Å². The van der Waals surface area contributed by atoms with Crippen LogP contribution in [0.4, 0.5) is 11.4 Å². The van der Waals surface area contributed by atoms with E-state index in [0.717, 1.165) is 10.0 Å². The number of benzene rings is 1. The lowest BCUT2D eigenvalue weighted by atomic mass is 10.1. The Bertz CT molecular complexity index is 436. The Balaban J connectivity index is 2.11. The van der Waals surface area contributed by atoms with Crippen molar-refractivity contribution in [3.63, 3.8) is 0 Å². The Kier molecular flexibility index (Phi) is 4.21. The zero-order valence-electron chi connectivity index (χ0n) is 10.0. The molecule has 0 aliphatic carbocycles. The van der Waals surface area contributed by atoms with Gasteiger partial charge in [0.05, 0.1) is 31.2 Å². The number of hydrogen-bond donors (Lipinski definition) is 2. The molecule has 1 unspecified atom stereocenters. The van der Waals surface area contributed by atoms with Crippen molar-refractivity contribution in [1.29, 1.82) is 0 Å². The second-order valence-corrected chi connectivity index (χ2v) is 5.03. The molecule has 1 atom stereocenters. The molecule has 3 N–H and O–H groups in total. The molecule has 0 spiro atoms. The number of aryl methyl sites for hydroxylation is 1. The van der Waals surface area contributed by atoms with E-state index in [1.54, 1.807) is 6.07 Å². The van der Waals surface area contributed by atoms with Gasteiger partial charge in [-0.3, -0.25) is 4.79 Å². The van der Waals surface area contributed by atoms with E-state index >= 15 is 0 Å². The van der Waals surface area contributed by atoms with Crippen molar-refractivity contribution in [2.24, 2.45) is 0 Å². The van der Waals surface area contributed by atoms with Crippen LogP contribution in [0.5, 0.6) is 0 Å². The van der Waals surface area contributed by atoms with Crippen molar-refractivity contribution in [2.75, 3.05) is 30.9 Å². The summed E-state index contributed by atoms with van der Waals surface area (Å²) in [6, 6.07) is 3.64. The van der Waals surface area contributed by atoms with E-state index in [0.29, 0.717) is 24.6 Å². The monoisotopic (exact) mass is 314 g/mol. The Morgan fingerprint density at radius 2 is 2.28 bits per heavy atom. The summed E-state index contributed by atoms with van der Waals surface area (Å²) in [5.41, 5.74) is 7.92. The highest BCUT2D eigenvalue weighted by molar-refractivity contribution is 9.10. The lowest BCUT2D eigenvalue weighted by Gasteiger charge is -2.23. The van der Waals surface area contributed by atoms with Crippen molar-refractivity contribution >= 4 is 33.2 Å². The van der Waals surface area contributed by atoms with Crippen LogP contribution in [0.2, 0.25) is 0 Å². The molecule has 18 heavy (non-hydrogen) atoms. The number of nitrogens with one attached hydrogen (secondary N) is 1. The summed E-state index contributed by atoms with van der Waals surface area (Å²) in [4.78, 5) is 12.0. The molecule has 98 valence electrons. The number of ether oxygens (including phenoxy) is 2. The van der Waals surface area contributed by atoms with E-state index in [-0.39, 0.29) is 12.5 Å². The number of amides is 1. The largest absolute Gasteiger partial charge is 0.397 e. The molecular formula is C12H15BrN2O3. The minimum atomic E-state index is -0.568. The number of anilines is 2. The highest BCUT2D eigenvalue weighted by Crippen LogP contribution is 2.28. The highest BCUT2D eigenvalue weighted by Gasteiger charge is 2.23. The van der Waals surface area contributed by atoms with Gasteiger partial charge in [0.1, 0.15) is 0 Å². The average Bonchev–Trinajstić information content (AvgIpc) is 2.34. The second kappa shape index (κ2) is 5.69. The van der Waals surface area contributed by atoms with Gasteiger partial charge in [0.15, 0.2) is 6.10 Å². The molecule has 1 aliphatic rings. The van der Waals surface area contributed by atoms with Gasteiger partial charge in [-0.05, 0) is 24.6 Å². The minimum Gasteiger partial charge on any atom is -0.397 e. The molecule has 1 aromatic carbocycles. The SMILES string of the molecule is Cc1cc(Br)cc(N)c1NC(=O)C1COCCO1. The van der Waals surface area contributed by atoms with Crippen LogP contribution in [0.15, 0.2) is 16.6 Å². The average molecular weight is 315 g/mol. The first kappa shape index (κ1) is 13.3. The summed E-state index contributed by atoms with van der Waals surface area (Å²) in [7, 11) is 0. The highest BCUT2D eigenvalue weighted by atomic mass is 79.9. The van der Waals surface area contributed by atoms with Crippen molar-refractivity contribution in [3.05, 3.63) is 22.2 Å². The maximum atomic E-state index is 12.0. The van der Waals surface area contributed by atoms with Crippen molar-refractivity contribution < 1.29 is 14.3 Å². The van der Waals surface area contributed by atoms with Gasteiger partial charge in [-0.25, -0.2) is 0 Å². The number of carbonyl (C=O) groups excluding carboxylic acids is 1. The maximum Gasteiger partial charge on any atom is 0.255 e. The Labute approximate surface area is 114 Å². The lowest BCUT2D eigenvalue weighted by Crippen LogP contribution is -2.39. The number of rotatable bonds is 2.